The number of nitrogens with one attached hydrogen (secondary N) is 1. The van der Waals surface area contributed by atoms with E-state index in [1.165, 1.54) is 30.2 Å². The highest BCUT2D eigenvalue weighted by Gasteiger charge is 2.32. The summed E-state index contributed by atoms with van der Waals surface area (Å²) < 4.78 is 3.08. The van der Waals surface area contributed by atoms with E-state index in [1.54, 1.807) is 0 Å². The maximum absolute atomic E-state index is 5.54. The van der Waals surface area contributed by atoms with E-state index in [4.69, 9.17) is 12.2 Å². The molecule has 20 heavy (non-hydrogen) atoms. The molecule has 3 aromatic rings. The van der Waals surface area contributed by atoms with Gasteiger partial charge in [-0.05, 0) is 36.5 Å². The zero-order valence-electron chi connectivity index (χ0n) is 11.5. The highest BCUT2D eigenvalue weighted by atomic mass is 32.1. The first-order valence-corrected chi connectivity index (χ1v) is 7.53. The fraction of sp³-hybridized carbons (Fsp3) is 0.375. The average Bonchev–Trinajstić information content (AvgIpc) is 2.74. The van der Waals surface area contributed by atoms with Crippen LogP contribution in [0, 0.1) is 10.2 Å². The molecule has 102 valence electrons. The number of H-pyrrole nitrogens is 1. The third-order valence-electron chi connectivity index (χ3n) is 4.60. The topological polar surface area (TPSA) is 33.6 Å². The molecule has 0 unspecified atom stereocenters. The summed E-state index contributed by atoms with van der Waals surface area (Å²) in [5, 5.41) is 1.18. The number of nitrogens with zero attached hydrogens (tertiary/aromatic N) is 2. The number of hydrogen-bond acceptors (Lipinski definition) is 2. The van der Waals surface area contributed by atoms with Crippen LogP contribution in [0.25, 0.3) is 21.9 Å². The lowest BCUT2D eigenvalue weighted by molar-refractivity contribution is 0.133. The number of aromatic amines is 1. The molecule has 4 heteroatoms. The van der Waals surface area contributed by atoms with Gasteiger partial charge < -0.3 is 9.55 Å². The molecule has 0 saturated heterocycles. The first-order chi connectivity index (χ1) is 9.66. The van der Waals surface area contributed by atoms with E-state index in [9.17, 15) is 0 Å². The summed E-state index contributed by atoms with van der Waals surface area (Å²) in [7, 11) is 0. The molecule has 3 nitrogen and oxygen atoms in total. The molecule has 1 saturated carbocycles. The Kier molecular flexibility index (Phi) is 2.51. The van der Waals surface area contributed by atoms with Gasteiger partial charge in [0.2, 0.25) is 0 Å². The maximum atomic E-state index is 5.54. The number of fused-ring (bicyclic) bond motifs is 3. The van der Waals surface area contributed by atoms with Gasteiger partial charge in [-0.25, -0.2) is 0 Å². The van der Waals surface area contributed by atoms with Gasteiger partial charge in [-0.3, -0.25) is 4.98 Å². The van der Waals surface area contributed by atoms with Crippen LogP contribution >= 0.6 is 12.2 Å². The van der Waals surface area contributed by atoms with Gasteiger partial charge in [-0.2, -0.15) is 0 Å². The van der Waals surface area contributed by atoms with Gasteiger partial charge in [0.05, 0.1) is 22.7 Å². The molecule has 2 heterocycles. The number of hydrogen-bond donors (Lipinski definition) is 1. The van der Waals surface area contributed by atoms with Gasteiger partial charge >= 0.3 is 0 Å². The van der Waals surface area contributed by atoms with Crippen molar-refractivity contribution >= 4 is 34.2 Å². The molecule has 2 aromatic heterocycles. The van der Waals surface area contributed by atoms with Crippen LogP contribution in [0.2, 0.25) is 0 Å². The first kappa shape index (κ1) is 12.1. The standard InChI is InChI=1S/C16H17N3S/c1-16(7-4-8-16)10-19-14-11-5-2-3-6-12(11)17-9-13(14)18-15(19)20/h2-3,5-6,9H,4,7-8,10H2,1H3,(H,18,20). The molecule has 1 aliphatic carbocycles. The van der Waals surface area contributed by atoms with Crippen LogP contribution in [0.1, 0.15) is 26.2 Å². The number of aromatic nitrogens is 3. The van der Waals surface area contributed by atoms with Crippen LogP contribution in [-0.4, -0.2) is 14.5 Å². The van der Waals surface area contributed by atoms with Crippen molar-refractivity contribution in [2.45, 2.75) is 32.7 Å². The Bertz CT molecular complexity index is 855. The van der Waals surface area contributed by atoms with Crippen molar-refractivity contribution in [3.8, 4) is 0 Å². The Morgan fingerprint density at radius 3 is 2.90 bits per heavy atom. The van der Waals surface area contributed by atoms with Crippen molar-refractivity contribution in [1.29, 1.82) is 0 Å². The van der Waals surface area contributed by atoms with Gasteiger partial charge in [0.15, 0.2) is 4.77 Å². The zero-order valence-corrected chi connectivity index (χ0v) is 12.3. The lowest BCUT2D eigenvalue weighted by Crippen LogP contribution is -2.30. The number of rotatable bonds is 2. The van der Waals surface area contributed by atoms with Crippen molar-refractivity contribution < 1.29 is 0 Å². The van der Waals surface area contributed by atoms with Crippen molar-refractivity contribution in [2.75, 3.05) is 0 Å². The molecule has 1 aliphatic rings. The molecule has 0 atom stereocenters. The minimum Gasteiger partial charge on any atom is -0.329 e. The normalized spacial score (nSPS) is 17.4. The molecule has 0 spiro atoms. The number of para-hydroxylation sites is 1. The molecule has 1 aromatic carbocycles. The van der Waals surface area contributed by atoms with Crippen molar-refractivity contribution in [2.24, 2.45) is 5.41 Å². The molecular weight excluding hydrogens is 266 g/mol. The van der Waals surface area contributed by atoms with Crippen molar-refractivity contribution in [3.63, 3.8) is 0 Å². The third kappa shape index (κ3) is 1.71. The van der Waals surface area contributed by atoms with Gasteiger partial charge in [0.25, 0.3) is 0 Å². The molecular formula is C16H17N3S. The Morgan fingerprint density at radius 1 is 1.35 bits per heavy atom. The quantitative estimate of drug-likeness (QED) is 0.705. The van der Waals surface area contributed by atoms with Crippen LogP contribution in [0.4, 0.5) is 0 Å². The van der Waals surface area contributed by atoms with Crippen LogP contribution in [0.5, 0.6) is 0 Å². The van der Waals surface area contributed by atoms with Crippen molar-refractivity contribution in [3.05, 3.63) is 35.2 Å². The van der Waals surface area contributed by atoms with Crippen LogP contribution in [-0.2, 0) is 6.54 Å². The Balaban J connectivity index is 2.01. The zero-order chi connectivity index (χ0) is 13.7. The average molecular weight is 283 g/mol. The predicted octanol–water partition coefficient (Wildman–Crippen LogP) is 4.44. The summed E-state index contributed by atoms with van der Waals surface area (Å²) in [6, 6.07) is 8.28. The highest BCUT2D eigenvalue weighted by molar-refractivity contribution is 7.71. The summed E-state index contributed by atoms with van der Waals surface area (Å²) in [6.45, 7) is 3.36. The SMILES string of the molecule is CC1(Cn2c(=S)[nH]c3cnc4ccccc4c32)CCC1. The van der Waals surface area contributed by atoms with Crippen LogP contribution in [0.15, 0.2) is 30.5 Å². The summed E-state index contributed by atoms with van der Waals surface area (Å²) >= 11 is 5.54. The van der Waals surface area contributed by atoms with E-state index in [0.717, 1.165) is 22.3 Å². The Labute approximate surface area is 122 Å². The fourth-order valence-corrected chi connectivity index (χ4v) is 3.53. The van der Waals surface area contributed by atoms with E-state index in [-0.39, 0.29) is 0 Å². The summed E-state index contributed by atoms with van der Waals surface area (Å²) in [5.41, 5.74) is 3.67. The maximum Gasteiger partial charge on any atom is 0.178 e. The second-order valence-corrected chi connectivity index (χ2v) is 6.60. The lowest BCUT2D eigenvalue weighted by Gasteiger charge is -2.38. The van der Waals surface area contributed by atoms with E-state index in [1.807, 2.05) is 12.3 Å². The molecule has 4 rings (SSSR count). The number of benzene rings is 1. The second kappa shape index (κ2) is 4.16. The number of imidazole rings is 1. The summed E-state index contributed by atoms with van der Waals surface area (Å²) in [4.78, 5) is 7.81. The fourth-order valence-electron chi connectivity index (χ4n) is 3.26. The van der Waals surface area contributed by atoms with Crippen LogP contribution in [0.3, 0.4) is 0 Å². The van der Waals surface area contributed by atoms with Gasteiger partial charge in [0, 0.05) is 11.9 Å². The van der Waals surface area contributed by atoms with Gasteiger partial charge in [-0.15, -0.1) is 0 Å². The van der Waals surface area contributed by atoms with E-state index >= 15 is 0 Å². The van der Waals surface area contributed by atoms with E-state index in [0.29, 0.717) is 5.41 Å². The molecule has 1 fully saturated rings. The highest BCUT2D eigenvalue weighted by Crippen LogP contribution is 2.42. The minimum absolute atomic E-state index is 0.401. The molecule has 0 amide bonds. The van der Waals surface area contributed by atoms with E-state index in [2.05, 4.69) is 39.7 Å². The first-order valence-electron chi connectivity index (χ1n) is 7.13. The lowest BCUT2D eigenvalue weighted by atomic mass is 9.70. The Hall–Kier alpha value is -1.68. The van der Waals surface area contributed by atoms with E-state index < -0.39 is 0 Å². The monoisotopic (exact) mass is 283 g/mol. The summed E-state index contributed by atoms with van der Waals surface area (Å²) in [6.07, 6.45) is 5.83. The van der Waals surface area contributed by atoms with Gasteiger partial charge in [0.1, 0.15) is 0 Å². The third-order valence-corrected chi connectivity index (χ3v) is 4.93. The minimum atomic E-state index is 0.401. The number of pyridine rings is 1. The van der Waals surface area contributed by atoms with Crippen molar-refractivity contribution in [1.82, 2.24) is 14.5 Å². The molecule has 0 aliphatic heterocycles. The molecule has 1 N–H and O–H groups in total. The second-order valence-electron chi connectivity index (χ2n) is 6.22. The predicted molar refractivity (Wildman–Crippen MR) is 84.4 cm³/mol. The molecule has 0 bridgehead atoms. The van der Waals surface area contributed by atoms with Gasteiger partial charge in [-0.1, -0.05) is 31.5 Å². The largest absolute Gasteiger partial charge is 0.329 e. The Morgan fingerprint density at radius 2 is 2.15 bits per heavy atom. The summed E-state index contributed by atoms with van der Waals surface area (Å²) in [5.74, 6) is 0. The smallest absolute Gasteiger partial charge is 0.178 e. The van der Waals surface area contributed by atoms with Crippen LogP contribution < -0.4 is 0 Å². The molecule has 0 radical (unpaired) electrons.